The summed E-state index contributed by atoms with van der Waals surface area (Å²) >= 11 is 1.55. The van der Waals surface area contributed by atoms with E-state index in [4.69, 9.17) is 13.7 Å². The molecular formula is C18H19N3O5S. The zero-order valence-electron chi connectivity index (χ0n) is 15.2. The van der Waals surface area contributed by atoms with Crippen LogP contribution in [0.1, 0.15) is 34.2 Å². The van der Waals surface area contributed by atoms with E-state index in [9.17, 15) is 9.59 Å². The molecule has 0 aliphatic carbocycles. The Balaban J connectivity index is 1.54. The summed E-state index contributed by atoms with van der Waals surface area (Å²) in [5.41, 5.74) is 1.26. The van der Waals surface area contributed by atoms with E-state index in [-0.39, 0.29) is 18.9 Å². The molecule has 0 aliphatic rings. The zero-order valence-corrected chi connectivity index (χ0v) is 16.0. The minimum atomic E-state index is -0.464. The number of ether oxygens (including phenoxy) is 1. The predicted molar refractivity (Wildman–Crippen MR) is 97.2 cm³/mol. The first-order chi connectivity index (χ1) is 13.0. The van der Waals surface area contributed by atoms with Crippen molar-refractivity contribution >= 4 is 23.2 Å². The average Bonchev–Trinajstić information content (AvgIpc) is 3.39. The molecule has 1 amide bonds. The second-order valence-electron chi connectivity index (χ2n) is 5.95. The second-order valence-corrected chi connectivity index (χ2v) is 6.73. The van der Waals surface area contributed by atoms with E-state index >= 15 is 0 Å². The minimum absolute atomic E-state index is 0.0982. The van der Waals surface area contributed by atoms with Crippen molar-refractivity contribution in [3.63, 3.8) is 0 Å². The maximum Gasteiger partial charge on any atom is 0.341 e. The van der Waals surface area contributed by atoms with Crippen molar-refractivity contribution in [2.45, 2.75) is 26.3 Å². The van der Waals surface area contributed by atoms with E-state index in [0.29, 0.717) is 35.2 Å². The normalized spacial score (nSPS) is 10.8. The van der Waals surface area contributed by atoms with E-state index in [1.807, 2.05) is 16.8 Å². The second kappa shape index (κ2) is 8.17. The fourth-order valence-corrected chi connectivity index (χ4v) is 3.16. The highest BCUT2D eigenvalue weighted by Crippen LogP contribution is 2.20. The molecule has 142 valence electrons. The summed E-state index contributed by atoms with van der Waals surface area (Å²) < 4.78 is 15.4. The van der Waals surface area contributed by atoms with Crippen LogP contribution in [0.15, 0.2) is 31.8 Å². The summed E-state index contributed by atoms with van der Waals surface area (Å²) in [6, 6.07) is 3.50. The molecule has 0 aliphatic heterocycles. The van der Waals surface area contributed by atoms with Crippen LogP contribution in [-0.4, -0.2) is 41.1 Å². The molecular weight excluding hydrogens is 370 g/mol. The van der Waals surface area contributed by atoms with Crippen LogP contribution >= 0.6 is 11.3 Å². The smallest absolute Gasteiger partial charge is 0.341 e. The number of methoxy groups -OCH3 is 1. The van der Waals surface area contributed by atoms with Crippen LogP contribution < -0.4 is 0 Å². The molecule has 3 rings (SSSR count). The number of hydrogen-bond acceptors (Lipinski definition) is 8. The van der Waals surface area contributed by atoms with Crippen LogP contribution in [0.3, 0.4) is 0 Å². The molecule has 27 heavy (non-hydrogen) atoms. The molecule has 0 saturated carbocycles. The number of esters is 1. The quantitative estimate of drug-likeness (QED) is 0.573. The van der Waals surface area contributed by atoms with Gasteiger partial charge in [-0.05, 0) is 24.4 Å². The molecule has 8 nitrogen and oxygen atoms in total. The molecule has 9 heteroatoms. The van der Waals surface area contributed by atoms with E-state index in [2.05, 4.69) is 10.1 Å². The monoisotopic (exact) mass is 389 g/mol. The average molecular weight is 389 g/mol. The molecule has 3 aromatic rings. The summed E-state index contributed by atoms with van der Waals surface area (Å²) in [5.74, 6) is 1.35. The number of amides is 1. The van der Waals surface area contributed by atoms with Crippen molar-refractivity contribution in [3.05, 3.63) is 45.9 Å². The van der Waals surface area contributed by atoms with E-state index in [1.165, 1.54) is 12.0 Å². The van der Waals surface area contributed by atoms with Crippen LogP contribution in [0.2, 0.25) is 0 Å². The fraction of sp³-hybridized carbons (Fsp3) is 0.333. The number of carbonyl (C=O) groups is 2. The van der Waals surface area contributed by atoms with Gasteiger partial charge in [-0.15, -0.1) is 0 Å². The van der Waals surface area contributed by atoms with Gasteiger partial charge in [0, 0.05) is 30.8 Å². The fourth-order valence-electron chi connectivity index (χ4n) is 2.53. The van der Waals surface area contributed by atoms with Gasteiger partial charge in [-0.2, -0.15) is 16.3 Å². The van der Waals surface area contributed by atoms with Gasteiger partial charge in [0.15, 0.2) is 0 Å². The topological polar surface area (TPSA) is 98.7 Å². The number of thiophene rings is 1. The Kier molecular flexibility index (Phi) is 5.70. The number of aryl methyl sites for hydroxylation is 2. The minimum Gasteiger partial charge on any atom is -0.465 e. The summed E-state index contributed by atoms with van der Waals surface area (Å²) in [6.45, 7) is 1.93. The zero-order chi connectivity index (χ0) is 19.4. The van der Waals surface area contributed by atoms with Crippen molar-refractivity contribution < 1.29 is 23.3 Å². The molecule has 0 atom stereocenters. The van der Waals surface area contributed by atoms with Gasteiger partial charge in [-0.25, -0.2) is 4.79 Å². The molecule has 0 saturated heterocycles. The van der Waals surface area contributed by atoms with Gasteiger partial charge >= 0.3 is 5.97 Å². The van der Waals surface area contributed by atoms with E-state index < -0.39 is 5.97 Å². The Labute approximate surface area is 159 Å². The largest absolute Gasteiger partial charge is 0.465 e. The third-order valence-electron chi connectivity index (χ3n) is 3.99. The number of hydrogen-bond donors (Lipinski definition) is 0. The highest BCUT2D eigenvalue weighted by molar-refractivity contribution is 7.08. The van der Waals surface area contributed by atoms with E-state index in [1.54, 1.807) is 31.4 Å². The molecule has 0 unspecified atom stereocenters. The lowest BCUT2D eigenvalue weighted by molar-refractivity contribution is -0.130. The van der Waals surface area contributed by atoms with Crippen molar-refractivity contribution in [2.24, 2.45) is 0 Å². The maximum atomic E-state index is 12.3. The predicted octanol–water partition coefficient (Wildman–Crippen LogP) is 3.08. The first-order valence-corrected chi connectivity index (χ1v) is 9.19. The molecule has 0 spiro atoms. The number of rotatable bonds is 7. The summed E-state index contributed by atoms with van der Waals surface area (Å²) in [4.78, 5) is 29.8. The van der Waals surface area contributed by atoms with Crippen molar-refractivity contribution in [1.29, 1.82) is 0 Å². The highest BCUT2D eigenvalue weighted by Gasteiger charge is 2.18. The molecule has 0 bridgehead atoms. The SMILES string of the molecule is COC(=O)c1cc(CN(C)C(=O)CCc2nc(-c3ccsc3)no2)oc1C. The summed E-state index contributed by atoms with van der Waals surface area (Å²) in [7, 11) is 2.98. The molecule has 3 heterocycles. The standard InChI is InChI=1S/C18H19N3O5S/c1-11-14(18(23)24-3)8-13(25-11)9-21(2)16(22)5-4-15-19-17(20-26-15)12-6-7-27-10-12/h6-8,10H,4-5,9H2,1-3H3. The van der Waals surface area contributed by atoms with Crippen LogP contribution in [0, 0.1) is 6.92 Å². The van der Waals surface area contributed by atoms with Crippen LogP contribution in [0.4, 0.5) is 0 Å². The van der Waals surface area contributed by atoms with Gasteiger partial charge in [0.05, 0.1) is 13.7 Å². The van der Waals surface area contributed by atoms with Gasteiger partial charge in [-0.3, -0.25) is 4.79 Å². The molecule has 3 aromatic heterocycles. The van der Waals surface area contributed by atoms with Crippen molar-refractivity contribution in [1.82, 2.24) is 15.0 Å². The van der Waals surface area contributed by atoms with Crippen LogP contribution in [0.25, 0.3) is 11.4 Å². The maximum absolute atomic E-state index is 12.3. The van der Waals surface area contributed by atoms with Crippen LogP contribution in [0.5, 0.6) is 0 Å². The Morgan fingerprint density at radius 3 is 2.89 bits per heavy atom. The third-order valence-corrected chi connectivity index (χ3v) is 4.68. The highest BCUT2D eigenvalue weighted by atomic mass is 32.1. The lowest BCUT2D eigenvalue weighted by Gasteiger charge is -2.14. The van der Waals surface area contributed by atoms with Gasteiger partial charge in [-0.1, -0.05) is 5.16 Å². The summed E-state index contributed by atoms with van der Waals surface area (Å²) in [5, 5.41) is 7.79. The Hall–Kier alpha value is -2.94. The first kappa shape index (κ1) is 18.8. The van der Waals surface area contributed by atoms with Crippen molar-refractivity contribution in [2.75, 3.05) is 14.2 Å². The molecule has 0 aromatic carbocycles. The van der Waals surface area contributed by atoms with Crippen LogP contribution in [-0.2, 0) is 22.5 Å². The number of furan rings is 1. The molecule has 0 radical (unpaired) electrons. The Bertz CT molecular complexity index is 929. The van der Waals surface area contributed by atoms with Gasteiger partial charge in [0.25, 0.3) is 0 Å². The van der Waals surface area contributed by atoms with Gasteiger partial charge < -0.3 is 18.6 Å². The van der Waals surface area contributed by atoms with Gasteiger partial charge in [0.1, 0.15) is 17.1 Å². The molecule has 0 fully saturated rings. The Morgan fingerprint density at radius 1 is 1.37 bits per heavy atom. The third kappa shape index (κ3) is 4.43. The van der Waals surface area contributed by atoms with Crippen molar-refractivity contribution in [3.8, 4) is 11.4 Å². The lowest BCUT2D eigenvalue weighted by atomic mass is 10.2. The lowest BCUT2D eigenvalue weighted by Crippen LogP contribution is -2.26. The summed E-state index contributed by atoms with van der Waals surface area (Å²) in [6.07, 6.45) is 0.580. The van der Waals surface area contributed by atoms with Gasteiger partial charge in [0.2, 0.25) is 17.6 Å². The molecule has 0 N–H and O–H groups in total. The van der Waals surface area contributed by atoms with E-state index in [0.717, 1.165) is 5.56 Å². The number of nitrogens with zero attached hydrogens (tertiary/aromatic N) is 3. The Morgan fingerprint density at radius 2 is 2.19 bits per heavy atom. The number of carbonyl (C=O) groups excluding carboxylic acids is 2. The first-order valence-electron chi connectivity index (χ1n) is 8.24. The number of aromatic nitrogens is 2.